The molecule has 20 heavy (non-hydrogen) atoms. The Labute approximate surface area is 126 Å². The zero-order valence-electron chi connectivity index (χ0n) is 14.0. The normalized spacial score (nSPS) is 14.7. The molecule has 0 aliphatic rings. The maximum absolute atomic E-state index is 12.0. The lowest BCUT2D eigenvalue weighted by molar-refractivity contribution is 0.197. The smallest absolute Gasteiger partial charge is 0.309 e. The van der Waals surface area contributed by atoms with Crippen LogP contribution in [0.3, 0.4) is 0 Å². The second-order valence-electron chi connectivity index (χ2n) is 6.10. The fourth-order valence-corrected chi connectivity index (χ4v) is 2.93. The summed E-state index contributed by atoms with van der Waals surface area (Å²) in [6.45, 7) is 9.17. The molecule has 0 rings (SSSR count). The first-order valence-corrected chi connectivity index (χ1v) is 10.3. The Bertz CT molecular complexity index is 254. The summed E-state index contributed by atoms with van der Waals surface area (Å²) < 4.78 is 22.7. The van der Waals surface area contributed by atoms with E-state index in [4.69, 9.17) is 9.05 Å². The fourth-order valence-electron chi connectivity index (χ4n) is 1.96. The second-order valence-corrected chi connectivity index (χ2v) is 8.15. The van der Waals surface area contributed by atoms with E-state index in [1.165, 1.54) is 38.5 Å². The summed E-state index contributed by atoms with van der Waals surface area (Å²) in [5.41, 5.74) is 0. The molecule has 0 amide bonds. The molecule has 0 aliphatic carbocycles. The highest BCUT2D eigenvalue weighted by Crippen LogP contribution is 2.44. The van der Waals surface area contributed by atoms with Crippen molar-refractivity contribution in [2.75, 3.05) is 19.9 Å². The van der Waals surface area contributed by atoms with Gasteiger partial charge in [-0.2, -0.15) is 0 Å². The maximum Gasteiger partial charge on any atom is 0.327 e. The average Bonchev–Trinajstić information content (AvgIpc) is 2.36. The van der Waals surface area contributed by atoms with Crippen molar-refractivity contribution in [3.05, 3.63) is 0 Å². The molecule has 0 N–H and O–H groups in total. The van der Waals surface area contributed by atoms with Crippen LogP contribution < -0.4 is 0 Å². The van der Waals surface area contributed by atoms with Gasteiger partial charge in [-0.1, -0.05) is 65.7 Å². The molecule has 0 aromatic rings. The molecular formula is C16H35O3P. The Morgan fingerprint density at radius 1 is 0.850 bits per heavy atom. The van der Waals surface area contributed by atoms with Crippen molar-refractivity contribution in [3.63, 3.8) is 0 Å². The molecule has 1 unspecified atom stereocenters. The van der Waals surface area contributed by atoms with Crippen LogP contribution in [0.5, 0.6) is 0 Å². The zero-order valence-corrected chi connectivity index (χ0v) is 14.9. The third-order valence-electron chi connectivity index (χ3n) is 3.34. The van der Waals surface area contributed by atoms with Gasteiger partial charge in [0.1, 0.15) is 0 Å². The minimum Gasteiger partial charge on any atom is -0.309 e. The van der Waals surface area contributed by atoms with E-state index >= 15 is 0 Å². The maximum atomic E-state index is 12.0. The minimum atomic E-state index is -2.82. The van der Waals surface area contributed by atoms with E-state index < -0.39 is 7.60 Å². The van der Waals surface area contributed by atoms with E-state index in [2.05, 4.69) is 20.8 Å². The Kier molecular flexibility index (Phi) is 13.0. The predicted molar refractivity (Wildman–Crippen MR) is 87.5 cm³/mol. The van der Waals surface area contributed by atoms with E-state index in [1.54, 1.807) is 6.66 Å². The predicted octanol–water partition coefficient (Wildman–Crippen LogP) is 6.03. The summed E-state index contributed by atoms with van der Waals surface area (Å²) >= 11 is 0. The van der Waals surface area contributed by atoms with Gasteiger partial charge in [-0.05, 0) is 18.8 Å². The summed E-state index contributed by atoms with van der Waals surface area (Å²) in [5.74, 6) is 0.572. The minimum absolute atomic E-state index is 0.531. The molecule has 122 valence electrons. The molecule has 0 bridgehead atoms. The van der Waals surface area contributed by atoms with Gasteiger partial charge in [-0.3, -0.25) is 4.57 Å². The first-order valence-electron chi connectivity index (χ1n) is 8.34. The highest BCUT2D eigenvalue weighted by molar-refractivity contribution is 7.52. The lowest BCUT2D eigenvalue weighted by Crippen LogP contribution is -2.00. The van der Waals surface area contributed by atoms with Crippen LogP contribution in [0.15, 0.2) is 0 Å². The Morgan fingerprint density at radius 2 is 1.35 bits per heavy atom. The third-order valence-corrected chi connectivity index (χ3v) is 4.65. The summed E-state index contributed by atoms with van der Waals surface area (Å²) in [6, 6.07) is 0. The van der Waals surface area contributed by atoms with Crippen LogP contribution >= 0.6 is 7.60 Å². The first kappa shape index (κ1) is 20.1. The molecule has 1 atom stereocenters. The van der Waals surface area contributed by atoms with Gasteiger partial charge in [0.05, 0.1) is 13.2 Å². The lowest BCUT2D eigenvalue weighted by Gasteiger charge is -2.15. The Balaban J connectivity index is 3.37. The molecule has 0 aliphatic heterocycles. The fraction of sp³-hybridized carbons (Fsp3) is 1.00. The largest absolute Gasteiger partial charge is 0.327 e. The Hall–Kier alpha value is 0.150. The number of hydrogen-bond donors (Lipinski definition) is 0. The van der Waals surface area contributed by atoms with Gasteiger partial charge in [0.15, 0.2) is 0 Å². The molecule has 0 saturated heterocycles. The second kappa shape index (κ2) is 12.9. The quantitative estimate of drug-likeness (QED) is 0.290. The monoisotopic (exact) mass is 306 g/mol. The van der Waals surface area contributed by atoms with E-state index in [0.29, 0.717) is 19.1 Å². The van der Waals surface area contributed by atoms with Crippen molar-refractivity contribution < 1.29 is 13.6 Å². The van der Waals surface area contributed by atoms with Crippen molar-refractivity contribution in [2.45, 2.75) is 78.6 Å². The lowest BCUT2D eigenvalue weighted by atomic mass is 10.1. The van der Waals surface area contributed by atoms with Crippen molar-refractivity contribution in [3.8, 4) is 0 Å². The van der Waals surface area contributed by atoms with Crippen molar-refractivity contribution in [1.82, 2.24) is 0 Å². The van der Waals surface area contributed by atoms with Crippen molar-refractivity contribution in [1.29, 1.82) is 0 Å². The standard InChI is InChI=1S/C16H35O3P/c1-5-6-7-8-9-10-11-12-14-18-20(4,17)19-15-13-16(2)3/h16H,5-15H2,1-4H3. The van der Waals surface area contributed by atoms with Crippen LogP contribution in [0.4, 0.5) is 0 Å². The molecule has 0 fully saturated rings. The van der Waals surface area contributed by atoms with Crippen LogP contribution in [-0.2, 0) is 13.6 Å². The van der Waals surface area contributed by atoms with Gasteiger partial charge in [0, 0.05) is 6.66 Å². The van der Waals surface area contributed by atoms with Crippen LogP contribution in [-0.4, -0.2) is 19.9 Å². The highest BCUT2D eigenvalue weighted by atomic mass is 31.2. The van der Waals surface area contributed by atoms with Crippen LogP contribution in [0.25, 0.3) is 0 Å². The summed E-state index contributed by atoms with van der Waals surface area (Å²) in [5, 5.41) is 0. The summed E-state index contributed by atoms with van der Waals surface area (Å²) in [6.07, 6.45) is 11.0. The van der Waals surface area contributed by atoms with Gasteiger partial charge in [-0.25, -0.2) is 0 Å². The topological polar surface area (TPSA) is 35.5 Å². The average molecular weight is 306 g/mol. The van der Waals surface area contributed by atoms with Gasteiger partial charge in [0.25, 0.3) is 0 Å². The van der Waals surface area contributed by atoms with Crippen molar-refractivity contribution >= 4 is 7.60 Å². The van der Waals surface area contributed by atoms with E-state index in [9.17, 15) is 4.57 Å². The first-order chi connectivity index (χ1) is 9.48. The molecule has 0 aromatic heterocycles. The molecule has 0 heterocycles. The summed E-state index contributed by atoms with van der Waals surface area (Å²) in [4.78, 5) is 0. The molecule has 0 saturated carbocycles. The number of hydrogen-bond acceptors (Lipinski definition) is 3. The summed E-state index contributed by atoms with van der Waals surface area (Å²) in [7, 11) is -2.82. The molecular weight excluding hydrogens is 271 g/mol. The van der Waals surface area contributed by atoms with Gasteiger partial charge < -0.3 is 9.05 Å². The van der Waals surface area contributed by atoms with E-state index in [-0.39, 0.29) is 0 Å². The molecule has 0 radical (unpaired) electrons. The van der Waals surface area contributed by atoms with Gasteiger partial charge in [0.2, 0.25) is 0 Å². The molecule has 3 nitrogen and oxygen atoms in total. The SMILES string of the molecule is CCCCCCCCCCOP(C)(=O)OCCC(C)C. The highest BCUT2D eigenvalue weighted by Gasteiger charge is 2.16. The molecule has 4 heteroatoms. The molecule has 0 spiro atoms. The van der Waals surface area contributed by atoms with Crippen LogP contribution in [0.1, 0.15) is 78.6 Å². The van der Waals surface area contributed by atoms with Gasteiger partial charge >= 0.3 is 7.60 Å². The van der Waals surface area contributed by atoms with E-state index in [0.717, 1.165) is 19.3 Å². The van der Waals surface area contributed by atoms with Gasteiger partial charge in [-0.15, -0.1) is 0 Å². The van der Waals surface area contributed by atoms with Crippen LogP contribution in [0.2, 0.25) is 0 Å². The van der Waals surface area contributed by atoms with E-state index in [1.807, 2.05) is 0 Å². The Morgan fingerprint density at radius 3 is 1.90 bits per heavy atom. The third kappa shape index (κ3) is 14.6. The number of rotatable bonds is 14. The zero-order chi connectivity index (χ0) is 15.3. The molecule has 0 aromatic carbocycles. The number of unbranched alkanes of at least 4 members (excludes halogenated alkanes) is 7. The van der Waals surface area contributed by atoms with Crippen LogP contribution in [0, 0.1) is 5.92 Å². The van der Waals surface area contributed by atoms with Crippen molar-refractivity contribution in [2.24, 2.45) is 5.92 Å².